The minimum Gasteiger partial charge on any atom is -0.496 e. The second-order valence-corrected chi connectivity index (χ2v) is 10.6. The summed E-state index contributed by atoms with van der Waals surface area (Å²) in [5.41, 5.74) is 6.65. The van der Waals surface area contributed by atoms with Gasteiger partial charge in [0.05, 0.1) is 25.1 Å². The summed E-state index contributed by atoms with van der Waals surface area (Å²) < 4.78 is 5.64. The molecule has 208 valence electrons. The number of rotatable bonds is 6. The lowest BCUT2D eigenvalue weighted by Gasteiger charge is -2.31. The van der Waals surface area contributed by atoms with Crippen LogP contribution in [0.25, 0.3) is 11.3 Å². The normalized spacial score (nSPS) is 14.9. The number of carbonyl (C=O) groups is 1. The molecule has 41 heavy (non-hydrogen) atoms. The minimum atomic E-state index is 0.0634. The number of benzene rings is 3. The summed E-state index contributed by atoms with van der Waals surface area (Å²) >= 11 is 6.46. The average Bonchev–Trinajstić information content (AvgIpc) is 3.17. The van der Waals surface area contributed by atoms with E-state index >= 15 is 0 Å². The molecule has 3 aromatic carbocycles. The third-order valence-corrected chi connectivity index (χ3v) is 7.94. The van der Waals surface area contributed by atoms with Gasteiger partial charge in [-0.3, -0.25) is 9.79 Å². The molecule has 0 saturated carbocycles. The number of anilines is 2. The topological polar surface area (TPSA) is 91.7 Å². The van der Waals surface area contributed by atoms with Gasteiger partial charge in [-0.25, -0.2) is 9.97 Å². The molecule has 0 spiro atoms. The number of fused-ring (bicyclic) bond motifs is 3. The Morgan fingerprint density at radius 3 is 2.54 bits per heavy atom. The number of likely N-dealkylation sites (tertiary alicyclic amines) is 1. The van der Waals surface area contributed by atoms with Gasteiger partial charge < -0.3 is 20.3 Å². The zero-order valence-electron chi connectivity index (χ0n) is 23.0. The lowest BCUT2D eigenvalue weighted by molar-refractivity contribution is 0.0707. The fraction of sp³-hybridized carbons (Fsp3) is 0.250. The van der Waals surface area contributed by atoms with Crippen molar-refractivity contribution in [3.63, 3.8) is 0 Å². The number of halogens is 1. The minimum absolute atomic E-state index is 0.0634. The molecule has 2 N–H and O–H groups in total. The second kappa shape index (κ2) is 11.7. The van der Waals surface area contributed by atoms with Crippen LogP contribution in [-0.4, -0.2) is 59.8 Å². The molecule has 1 aromatic heterocycles. The molecule has 0 radical (unpaired) electrons. The van der Waals surface area contributed by atoms with E-state index in [1.807, 2.05) is 84.9 Å². The van der Waals surface area contributed by atoms with E-state index in [0.717, 1.165) is 71.0 Å². The van der Waals surface area contributed by atoms with Crippen LogP contribution < -0.4 is 15.4 Å². The quantitative estimate of drug-likeness (QED) is 0.310. The number of amides is 1. The lowest BCUT2D eigenvalue weighted by Crippen LogP contribution is -2.43. The van der Waals surface area contributed by atoms with Crippen LogP contribution in [0.15, 0.2) is 77.9 Å². The summed E-state index contributed by atoms with van der Waals surface area (Å²) in [6.45, 7) is 1.95. The molecule has 2 aliphatic rings. The van der Waals surface area contributed by atoms with Gasteiger partial charge in [0.1, 0.15) is 5.75 Å². The number of hydrogen-bond donors (Lipinski definition) is 2. The molecule has 1 fully saturated rings. The van der Waals surface area contributed by atoms with E-state index in [4.69, 9.17) is 26.3 Å². The first-order valence-electron chi connectivity index (χ1n) is 13.7. The van der Waals surface area contributed by atoms with Crippen molar-refractivity contribution >= 4 is 34.9 Å². The van der Waals surface area contributed by atoms with Gasteiger partial charge in [0.25, 0.3) is 5.91 Å². The maximum atomic E-state index is 13.0. The molecule has 8 nitrogen and oxygen atoms in total. The third-order valence-electron chi connectivity index (χ3n) is 7.70. The molecule has 2 aliphatic heterocycles. The Bertz CT molecular complexity index is 1610. The van der Waals surface area contributed by atoms with Crippen molar-refractivity contribution in [1.82, 2.24) is 20.2 Å². The van der Waals surface area contributed by atoms with Crippen molar-refractivity contribution in [2.24, 2.45) is 4.99 Å². The van der Waals surface area contributed by atoms with Crippen molar-refractivity contribution in [1.29, 1.82) is 0 Å². The summed E-state index contributed by atoms with van der Waals surface area (Å²) in [6.07, 6.45) is 3.75. The number of aromatic nitrogens is 2. The van der Waals surface area contributed by atoms with Gasteiger partial charge in [0, 0.05) is 63.9 Å². The molecule has 3 heterocycles. The summed E-state index contributed by atoms with van der Waals surface area (Å²) in [6, 6.07) is 21.5. The number of carbonyl (C=O) groups excluding carboxylic acids is 1. The van der Waals surface area contributed by atoms with Crippen LogP contribution in [0.4, 0.5) is 11.6 Å². The van der Waals surface area contributed by atoms with Crippen LogP contribution in [0.2, 0.25) is 5.02 Å². The summed E-state index contributed by atoms with van der Waals surface area (Å²) in [5, 5.41) is 7.22. The monoisotopic (exact) mass is 566 g/mol. The number of nitrogens with one attached hydrogen (secondary N) is 2. The van der Waals surface area contributed by atoms with E-state index in [1.165, 1.54) is 0 Å². The molecular formula is C32H31ClN6O2. The third kappa shape index (κ3) is 5.53. The predicted octanol–water partition coefficient (Wildman–Crippen LogP) is 5.72. The van der Waals surface area contributed by atoms with Crippen LogP contribution in [0, 0.1) is 0 Å². The number of aliphatic imine (C=N–C) groups is 1. The second-order valence-electron chi connectivity index (χ2n) is 10.2. The lowest BCUT2D eigenvalue weighted by atomic mass is 9.95. The molecule has 0 atom stereocenters. The van der Waals surface area contributed by atoms with Gasteiger partial charge in [-0.05, 0) is 68.4 Å². The Hall–Kier alpha value is -4.27. The molecule has 0 aliphatic carbocycles. The number of methoxy groups -OCH3 is 1. The van der Waals surface area contributed by atoms with Gasteiger partial charge in [-0.2, -0.15) is 0 Å². The van der Waals surface area contributed by atoms with Gasteiger partial charge in [-0.15, -0.1) is 0 Å². The van der Waals surface area contributed by atoms with E-state index < -0.39 is 0 Å². The highest BCUT2D eigenvalue weighted by Gasteiger charge is 2.24. The van der Waals surface area contributed by atoms with Crippen molar-refractivity contribution in [3.8, 4) is 17.0 Å². The fourth-order valence-corrected chi connectivity index (χ4v) is 5.61. The maximum Gasteiger partial charge on any atom is 0.253 e. The van der Waals surface area contributed by atoms with Crippen molar-refractivity contribution in [2.75, 3.05) is 32.6 Å². The van der Waals surface area contributed by atoms with E-state index in [-0.39, 0.29) is 5.91 Å². The van der Waals surface area contributed by atoms with Crippen LogP contribution in [0.5, 0.6) is 5.75 Å². The molecule has 1 saturated heterocycles. The Balaban J connectivity index is 1.26. The maximum absolute atomic E-state index is 13.0. The van der Waals surface area contributed by atoms with Crippen LogP contribution in [0.1, 0.15) is 39.9 Å². The molecule has 4 aromatic rings. The smallest absolute Gasteiger partial charge is 0.253 e. The Labute approximate surface area is 244 Å². The molecule has 0 unspecified atom stereocenters. The molecule has 6 rings (SSSR count). The van der Waals surface area contributed by atoms with Crippen molar-refractivity contribution in [3.05, 3.63) is 100 Å². The van der Waals surface area contributed by atoms with Crippen LogP contribution in [0.3, 0.4) is 0 Å². The molecular weight excluding hydrogens is 536 g/mol. The highest BCUT2D eigenvalue weighted by atomic mass is 35.5. The highest BCUT2D eigenvalue weighted by Crippen LogP contribution is 2.35. The van der Waals surface area contributed by atoms with Gasteiger partial charge >= 0.3 is 0 Å². The zero-order valence-corrected chi connectivity index (χ0v) is 23.8. The first-order valence-corrected chi connectivity index (χ1v) is 14.1. The van der Waals surface area contributed by atoms with Crippen LogP contribution in [-0.2, 0) is 6.54 Å². The first-order chi connectivity index (χ1) is 20.0. The van der Waals surface area contributed by atoms with Crippen molar-refractivity contribution < 1.29 is 9.53 Å². The van der Waals surface area contributed by atoms with E-state index in [1.54, 1.807) is 7.11 Å². The SMILES string of the molecule is CNC1CCN(C(=O)c2ccc(Nc3ncc4c(n3)-c3ccc(Cl)cc3C(c3ccccc3OC)=NC4)cc2)CC1. The Morgan fingerprint density at radius 1 is 1.00 bits per heavy atom. The summed E-state index contributed by atoms with van der Waals surface area (Å²) in [4.78, 5) is 29.4. The first kappa shape index (κ1) is 26.9. The van der Waals surface area contributed by atoms with Gasteiger partial charge in [-0.1, -0.05) is 29.8 Å². The molecule has 1 amide bonds. The average molecular weight is 567 g/mol. The number of hydrogen-bond acceptors (Lipinski definition) is 7. The van der Waals surface area contributed by atoms with Gasteiger partial charge in [0.15, 0.2) is 0 Å². The van der Waals surface area contributed by atoms with Gasteiger partial charge in [0.2, 0.25) is 5.95 Å². The largest absolute Gasteiger partial charge is 0.496 e. The van der Waals surface area contributed by atoms with Crippen molar-refractivity contribution in [2.45, 2.75) is 25.4 Å². The van der Waals surface area contributed by atoms with E-state index in [2.05, 4.69) is 15.6 Å². The zero-order chi connectivity index (χ0) is 28.3. The Kier molecular flexibility index (Phi) is 7.67. The van der Waals surface area contributed by atoms with E-state index in [9.17, 15) is 4.79 Å². The van der Waals surface area contributed by atoms with E-state index in [0.29, 0.717) is 29.1 Å². The summed E-state index contributed by atoms with van der Waals surface area (Å²) in [5.74, 6) is 1.26. The number of para-hydroxylation sites is 1. The number of nitrogens with zero attached hydrogens (tertiary/aromatic N) is 4. The predicted molar refractivity (Wildman–Crippen MR) is 163 cm³/mol. The number of piperidine rings is 1. The number of ether oxygens (including phenoxy) is 1. The standard InChI is InChI=1S/C32H31ClN6O2/c1-34-23-13-15-39(16-14-23)31(40)20-7-10-24(11-8-20)37-32-36-19-21-18-35-30(26-5-3-4-6-28(26)41-2)27-17-22(33)9-12-25(27)29(21)38-32/h3-12,17,19,23,34H,13-16,18H2,1-2H3,(H,36,37,38). The fourth-order valence-electron chi connectivity index (χ4n) is 5.43. The molecule has 9 heteroatoms. The summed E-state index contributed by atoms with van der Waals surface area (Å²) in [7, 11) is 3.63. The van der Waals surface area contributed by atoms with Crippen LogP contribution >= 0.6 is 11.6 Å². The highest BCUT2D eigenvalue weighted by molar-refractivity contribution is 6.31. The molecule has 0 bridgehead atoms. The Morgan fingerprint density at radius 2 is 1.78 bits per heavy atom.